The van der Waals surface area contributed by atoms with Crippen molar-refractivity contribution in [3.63, 3.8) is 0 Å². The van der Waals surface area contributed by atoms with E-state index in [1.54, 1.807) is 30.3 Å². The molecule has 0 aliphatic rings. The number of nitrogens with one attached hydrogen (secondary N) is 1. The number of methoxy groups -OCH3 is 2. The molecule has 2 aromatic carbocycles. The van der Waals surface area contributed by atoms with Crippen molar-refractivity contribution in [3.05, 3.63) is 48.0 Å². The molecule has 0 aromatic heterocycles. The molecule has 2 rings (SSSR count). The molecule has 0 spiro atoms. The standard InChI is InChI=1S/C19H24N2O5S/c1-5-14-6-8-15(9-7-14)21(27(4,23)24)13-19(22)20-17-12-16(25-2)10-11-18(17)26-3/h6-12H,5,13H2,1-4H3,(H,20,22). The monoisotopic (exact) mass is 392 g/mol. The van der Waals surface area contributed by atoms with Crippen LogP contribution in [-0.2, 0) is 21.2 Å². The van der Waals surface area contributed by atoms with Gasteiger partial charge in [0.25, 0.3) is 0 Å². The Balaban J connectivity index is 2.24. The Kier molecular flexibility index (Phi) is 6.68. The lowest BCUT2D eigenvalue weighted by atomic mass is 10.1. The molecule has 0 heterocycles. The Hall–Kier alpha value is -2.74. The molecule has 2 aromatic rings. The minimum absolute atomic E-state index is 0.356. The van der Waals surface area contributed by atoms with E-state index < -0.39 is 15.9 Å². The lowest BCUT2D eigenvalue weighted by Crippen LogP contribution is -2.37. The van der Waals surface area contributed by atoms with Crippen LogP contribution in [0.2, 0.25) is 0 Å². The molecule has 0 aliphatic heterocycles. The van der Waals surface area contributed by atoms with E-state index in [0.717, 1.165) is 22.5 Å². The molecule has 8 heteroatoms. The van der Waals surface area contributed by atoms with Gasteiger partial charge in [-0.3, -0.25) is 9.10 Å². The number of rotatable bonds is 8. The maximum Gasteiger partial charge on any atom is 0.245 e. The first-order chi connectivity index (χ1) is 12.8. The van der Waals surface area contributed by atoms with Gasteiger partial charge in [-0.1, -0.05) is 19.1 Å². The van der Waals surface area contributed by atoms with Gasteiger partial charge in [-0.15, -0.1) is 0 Å². The number of carbonyl (C=O) groups excluding carboxylic acids is 1. The van der Waals surface area contributed by atoms with Gasteiger partial charge in [-0.05, 0) is 36.2 Å². The number of anilines is 2. The first-order valence-corrected chi connectivity index (χ1v) is 10.2. The van der Waals surface area contributed by atoms with Crippen molar-refractivity contribution in [2.45, 2.75) is 13.3 Å². The molecule has 7 nitrogen and oxygen atoms in total. The highest BCUT2D eigenvalue weighted by Crippen LogP contribution is 2.29. The summed E-state index contributed by atoms with van der Waals surface area (Å²) in [5.74, 6) is 0.495. The van der Waals surface area contributed by atoms with Gasteiger partial charge < -0.3 is 14.8 Å². The van der Waals surface area contributed by atoms with Gasteiger partial charge in [0.15, 0.2) is 0 Å². The summed E-state index contributed by atoms with van der Waals surface area (Å²) < 4.78 is 35.8. The van der Waals surface area contributed by atoms with E-state index in [2.05, 4.69) is 5.32 Å². The lowest BCUT2D eigenvalue weighted by molar-refractivity contribution is -0.114. The smallest absolute Gasteiger partial charge is 0.245 e. The van der Waals surface area contributed by atoms with Crippen molar-refractivity contribution in [2.24, 2.45) is 0 Å². The van der Waals surface area contributed by atoms with Crippen LogP contribution in [0.3, 0.4) is 0 Å². The molecule has 0 saturated carbocycles. The molecule has 1 N–H and O–H groups in total. The molecule has 0 unspecified atom stereocenters. The van der Waals surface area contributed by atoms with E-state index in [-0.39, 0.29) is 6.54 Å². The molecule has 0 aliphatic carbocycles. The lowest BCUT2D eigenvalue weighted by Gasteiger charge is -2.22. The number of hydrogen-bond donors (Lipinski definition) is 1. The fraction of sp³-hybridized carbons (Fsp3) is 0.316. The van der Waals surface area contributed by atoms with E-state index >= 15 is 0 Å². The molecule has 1 amide bonds. The van der Waals surface area contributed by atoms with Crippen LogP contribution in [0.25, 0.3) is 0 Å². The number of nitrogens with zero attached hydrogens (tertiary/aromatic N) is 1. The third-order valence-corrected chi connectivity index (χ3v) is 5.14. The molecule has 0 fully saturated rings. The maximum atomic E-state index is 12.5. The van der Waals surface area contributed by atoms with Crippen molar-refractivity contribution in [3.8, 4) is 11.5 Å². The van der Waals surface area contributed by atoms with Crippen LogP contribution in [0, 0.1) is 0 Å². The highest BCUT2D eigenvalue weighted by molar-refractivity contribution is 7.92. The van der Waals surface area contributed by atoms with Crippen LogP contribution in [0.1, 0.15) is 12.5 Å². The third-order valence-electron chi connectivity index (χ3n) is 4.00. The highest BCUT2D eigenvalue weighted by Gasteiger charge is 2.21. The Morgan fingerprint density at radius 2 is 1.74 bits per heavy atom. The number of carbonyl (C=O) groups is 1. The van der Waals surface area contributed by atoms with Crippen LogP contribution >= 0.6 is 0 Å². The minimum Gasteiger partial charge on any atom is -0.497 e. The van der Waals surface area contributed by atoms with Crippen molar-refractivity contribution in [1.82, 2.24) is 0 Å². The van der Waals surface area contributed by atoms with Crippen LogP contribution in [0.5, 0.6) is 11.5 Å². The SMILES string of the molecule is CCc1ccc(N(CC(=O)Nc2cc(OC)ccc2OC)S(C)(=O)=O)cc1. The van der Waals surface area contributed by atoms with Gasteiger partial charge >= 0.3 is 0 Å². The van der Waals surface area contributed by atoms with Crippen LogP contribution in [-0.4, -0.2) is 41.3 Å². The van der Waals surface area contributed by atoms with Crippen LogP contribution < -0.4 is 19.1 Å². The Morgan fingerprint density at radius 3 is 2.26 bits per heavy atom. The largest absolute Gasteiger partial charge is 0.497 e. The number of amides is 1. The summed E-state index contributed by atoms with van der Waals surface area (Å²) in [5, 5.41) is 2.68. The number of benzene rings is 2. The summed E-state index contributed by atoms with van der Waals surface area (Å²) in [6.07, 6.45) is 1.91. The summed E-state index contributed by atoms with van der Waals surface area (Å²) in [4.78, 5) is 12.5. The van der Waals surface area contributed by atoms with Crippen molar-refractivity contribution >= 4 is 27.3 Å². The Labute approximate surface area is 160 Å². The summed E-state index contributed by atoms with van der Waals surface area (Å²) in [7, 11) is -0.642. The maximum absolute atomic E-state index is 12.5. The van der Waals surface area contributed by atoms with Crippen LogP contribution in [0.4, 0.5) is 11.4 Å². The number of ether oxygens (including phenoxy) is 2. The molecular weight excluding hydrogens is 368 g/mol. The quantitative estimate of drug-likeness (QED) is 0.747. The number of hydrogen-bond acceptors (Lipinski definition) is 5. The number of sulfonamides is 1. The van der Waals surface area contributed by atoms with Gasteiger partial charge in [-0.25, -0.2) is 8.42 Å². The second-order valence-corrected chi connectivity index (χ2v) is 7.81. The second-order valence-electron chi connectivity index (χ2n) is 5.90. The zero-order valence-corrected chi connectivity index (χ0v) is 16.7. The fourth-order valence-electron chi connectivity index (χ4n) is 2.53. The van der Waals surface area contributed by atoms with E-state index in [9.17, 15) is 13.2 Å². The van der Waals surface area contributed by atoms with Crippen molar-refractivity contribution in [2.75, 3.05) is 36.6 Å². The molecule has 0 saturated heterocycles. The van der Waals surface area contributed by atoms with Gasteiger partial charge in [0.1, 0.15) is 18.0 Å². The normalized spacial score (nSPS) is 11.0. The summed E-state index contributed by atoms with van der Waals surface area (Å²) in [6.45, 7) is 1.66. The van der Waals surface area contributed by atoms with Gasteiger partial charge in [0.05, 0.1) is 31.9 Å². The van der Waals surface area contributed by atoms with Gasteiger partial charge in [0.2, 0.25) is 15.9 Å². The molecular formula is C19H24N2O5S. The fourth-order valence-corrected chi connectivity index (χ4v) is 3.39. The minimum atomic E-state index is -3.64. The van der Waals surface area contributed by atoms with Crippen molar-refractivity contribution in [1.29, 1.82) is 0 Å². The van der Waals surface area contributed by atoms with E-state index in [0.29, 0.717) is 22.9 Å². The average Bonchev–Trinajstić information content (AvgIpc) is 2.65. The topological polar surface area (TPSA) is 84.9 Å². The van der Waals surface area contributed by atoms with Crippen LogP contribution in [0.15, 0.2) is 42.5 Å². The predicted octanol–water partition coefficient (Wildman–Crippen LogP) is 2.67. The first kappa shape index (κ1) is 20.6. The first-order valence-electron chi connectivity index (χ1n) is 8.37. The Bertz CT molecular complexity index is 895. The molecule has 146 valence electrons. The van der Waals surface area contributed by atoms with Gasteiger partial charge in [0, 0.05) is 6.07 Å². The Morgan fingerprint density at radius 1 is 1.07 bits per heavy atom. The molecule has 0 atom stereocenters. The summed E-state index contributed by atoms with van der Waals surface area (Å²) in [6, 6.07) is 12.0. The zero-order valence-electron chi connectivity index (χ0n) is 15.9. The van der Waals surface area contributed by atoms with Crippen molar-refractivity contribution < 1.29 is 22.7 Å². The zero-order chi connectivity index (χ0) is 20.0. The van der Waals surface area contributed by atoms with Gasteiger partial charge in [-0.2, -0.15) is 0 Å². The second kappa shape index (κ2) is 8.77. The predicted molar refractivity (Wildman–Crippen MR) is 106 cm³/mol. The third kappa shape index (κ3) is 5.37. The highest BCUT2D eigenvalue weighted by atomic mass is 32.2. The number of aryl methyl sites for hydroxylation is 1. The van der Waals surface area contributed by atoms with E-state index in [1.165, 1.54) is 14.2 Å². The summed E-state index contributed by atoms with van der Waals surface area (Å²) in [5.41, 5.74) is 1.91. The van der Waals surface area contributed by atoms with E-state index in [1.807, 2.05) is 19.1 Å². The molecule has 0 bridgehead atoms. The average molecular weight is 392 g/mol. The summed E-state index contributed by atoms with van der Waals surface area (Å²) >= 11 is 0. The molecule has 27 heavy (non-hydrogen) atoms. The molecule has 0 radical (unpaired) electrons. The van der Waals surface area contributed by atoms with E-state index in [4.69, 9.17) is 9.47 Å².